The fraction of sp³-hybridized carbons (Fsp3) is 0.467. The Labute approximate surface area is 118 Å². The zero-order valence-corrected chi connectivity index (χ0v) is 11.9. The molecular formula is C15H20N2O3. The molecule has 0 bridgehead atoms. The van der Waals surface area contributed by atoms with Crippen LogP contribution in [0, 0.1) is 13.8 Å². The summed E-state index contributed by atoms with van der Waals surface area (Å²) in [6, 6.07) is 5.82. The van der Waals surface area contributed by atoms with Gasteiger partial charge in [0.1, 0.15) is 6.61 Å². The van der Waals surface area contributed by atoms with Gasteiger partial charge in [0.15, 0.2) is 0 Å². The lowest BCUT2D eigenvalue weighted by Crippen LogP contribution is -2.51. The van der Waals surface area contributed by atoms with E-state index in [-0.39, 0.29) is 11.8 Å². The van der Waals surface area contributed by atoms with Crippen LogP contribution in [0.4, 0.5) is 0 Å². The molecule has 1 heterocycles. The Morgan fingerprint density at radius 2 is 1.50 bits per heavy atom. The minimum absolute atomic E-state index is 0.00731. The van der Waals surface area contributed by atoms with Crippen molar-refractivity contribution in [1.82, 2.24) is 9.80 Å². The van der Waals surface area contributed by atoms with Crippen molar-refractivity contribution in [3.05, 3.63) is 34.9 Å². The number of aliphatic hydroxyl groups is 1. The first-order chi connectivity index (χ1) is 9.51. The van der Waals surface area contributed by atoms with Gasteiger partial charge < -0.3 is 14.9 Å². The number of aliphatic hydroxyl groups excluding tert-OH is 1. The van der Waals surface area contributed by atoms with Crippen LogP contribution in [0.2, 0.25) is 0 Å². The lowest BCUT2D eigenvalue weighted by molar-refractivity contribution is -0.135. The minimum atomic E-state index is -0.467. The molecule has 1 aliphatic heterocycles. The molecule has 0 atom stereocenters. The summed E-state index contributed by atoms with van der Waals surface area (Å²) in [5, 5.41) is 8.83. The molecule has 1 aliphatic rings. The molecule has 0 saturated carbocycles. The number of carbonyl (C=O) groups is 2. The van der Waals surface area contributed by atoms with Crippen LogP contribution in [0.25, 0.3) is 0 Å². The van der Waals surface area contributed by atoms with Gasteiger partial charge in [-0.3, -0.25) is 9.59 Å². The SMILES string of the molecule is Cc1cc(C)cc(C(=O)N2CCN(C(=O)CO)CC2)c1. The number of piperazine rings is 1. The second-order valence-electron chi connectivity index (χ2n) is 5.21. The van der Waals surface area contributed by atoms with E-state index in [0.717, 1.165) is 11.1 Å². The van der Waals surface area contributed by atoms with Crippen LogP contribution in [0.1, 0.15) is 21.5 Å². The number of amides is 2. The molecule has 2 rings (SSSR count). The van der Waals surface area contributed by atoms with Crippen molar-refractivity contribution >= 4 is 11.8 Å². The first-order valence-corrected chi connectivity index (χ1v) is 6.77. The molecule has 5 heteroatoms. The molecule has 1 N–H and O–H groups in total. The van der Waals surface area contributed by atoms with Crippen LogP contribution in [0.5, 0.6) is 0 Å². The Bertz CT molecular complexity index is 500. The van der Waals surface area contributed by atoms with Gasteiger partial charge in [0, 0.05) is 31.7 Å². The number of benzene rings is 1. The highest BCUT2D eigenvalue weighted by atomic mass is 16.3. The minimum Gasteiger partial charge on any atom is -0.387 e. The van der Waals surface area contributed by atoms with Crippen LogP contribution in [0.3, 0.4) is 0 Å². The number of nitrogens with zero attached hydrogens (tertiary/aromatic N) is 2. The summed E-state index contributed by atoms with van der Waals surface area (Å²) in [7, 11) is 0. The Morgan fingerprint density at radius 3 is 2.00 bits per heavy atom. The van der Waals surface area contributed by atoms with Crippen LogP contribution in [-0.4, -0.2) is 59.5 Å². The quantitative estimate of drug-likeness (QED) is 0.859. The monoisotopic (exact) mass is 276 g/mol. The van der Waals surface area contributed by atoms with Gasteiger partial charge in [-0.15, -0.1) is 0 Å². The van der Waals surface area contributed by atoms with Gasteiger partial charge in [0.25, 0.3) is 5.91 Å². The highest BCUT2D eigenvalue weighted by Gasteiger charge is 2.24. The van der Waals surface area contributed by atoms with Crippen LogP contribution >= 0.6 is 0 Å². The van der Waals surface area contributed by atoms with Gasteiger partial charge in [-0.25, -0.2) is 0 Å². The average molecular weight is 276 g/mol. The summed E-state index contributed by atoms with van der Waals surface area (Å²) < 4.78 is 0. The van der Waals surface area contributed by atoms with E-state index in [1.807, 2.05) is 32.0 Å². The van der Waals surface area contributed by atoms with E-state index in [9.17, 15) is 9.59 Å². The van der Waals surface area contributed by atoms with Gasteiger partial charge in [0.2, 0.25) is 5.91 Å². The number of hydrogen-bond donors (Lipinski definition) is 1. The van der Waals surface area contributed by atoms with E-state index in [0.29, 0.717) is 31.7 Å². The maximum Gasteiger partial charge on any atom is 0.253 e. The van der Waals surface area contributed by atoms with Crippen molar-refractivity contribution in [2.75, 3.05) is 32.8 Å². The molecular weight excluding hydrogens is 256 g/mol. The third kappa shape index (κ3) is 3.17. The van der Waals surface area contributed by atoms with Crippen molar-refractivity contribution in [1.29, 1.82) is 0 Å². The summed E-state index contributed by atoms with van der Waals surface area (Å²) in [4.78, 5) is 27.1. The number of carbonyl (C=O) groups excluding carboxylic acids is 2. The zero-order valence-electron chi connectivity index (χ0n) is 11.9. The van der Waals surface area contributed by atoms with Gasteiger partial charge in [-0.05, 0) is 26.0 Å². The molecule has 2 amide bonds. The van der Waals surface area contributed by atoms with Crippen molar-refractivity contribution < 1.29 is 14.7 Å². The molecule has 108 valence electrons. The second-order valence-corrected chi connectivity index (χ2v) is 5.21. The normalized spacial score (nSPS) is 15.3. The predicted molar refractivity (Wildman–Crippen MR) is 75.5 cm³/mol. The summed E-state index contributed by atoms with van der Waals surface area (Å²) in [6.45, 7) is 5.47. The number of aryl methyl sites for hydroxylation is 2. The van der Waals surface area contributed by atoms with Crippen molar-refractivity contribution in [2.45, 2.75) is 13.8 Å². The molecule has 1 fully saturated rings. The van der Waals surface area contributed by atoms with Gasteiger partial charge >= 0.3 is 0 Å². The topological polar surface area (TPSA) is 60.9 Å². The summed E-state index contributed by atoms with van der Waals surface area (Å²) in [5.74, 6) is -0.267. The fourth-order valence-electron chi connectivity index (χ4n) is 2.54. The molecule has 5 nitrogen and oxygen atoms in total. The maximum atomic E-state index is 12.4. The molecule has 0 unspecified atom stereocenters. The van der Waals surface area contributed by atoms with Crippen molar-refractivity contribution in [2.24, 2.45) is 0 Å². The summed E-state index contributed by atoms with van der Waals surface area (Å²) in [5.41, 5.74) is 2.84. The standard InChI is InChI=1S/C15H20N2O3/c1-11-7-12(2)9-13(8-11)15(20)17-5-3-16(4-6-17)14(19)10-18/h7-9,18H,3-6,10H2,1-2H3. The molecule has 0 aromatic heterocycles. The van der Waals surface area contributed by atoms with Crippen LogP contribution < -0.4 is 0 Å². The lowest BCUT2D eigenvalue weighted by atomic mass is 10.1. The Morgan fingerprint density at radius 1 is 1.00 bits per heavy atom. The van der Waals surface area contributed by atoms with Crippen LogP contribution in [-0.2, 0) is 4.79 Å². The van der Waals surface area contributed by atoms with E-state index in [4.69, 9.17) is 5.11 Å². The first kappa shape index (κ1) is 14.5. The van der Waals surface area contributed by atoms with E-state index in [1.54, 1.807) is 9.80 Å². The largest absolute Gasteiger partial charge is 0.387 e. The first-order valence-electron chi connectivity index (χ1n) is 6.77. The van der Waals surface area contributed by atoms with E-state index in [2.05, 4.69) is 0 Å². The fourth-order valence-corrected chi connectivity index (χ4v) is 2.54. The molecule has 1 aromatic rings. The molecule has 20 heavy (non-hydrogen) atoms. The third-order valence-electron chi connectivity index (χ3n) is 3.52. The van der Waals surface area contributed by atoms with E-state index >= 15 is 0 Å². The molecule has 1 aromatic carbocycles. The van der Waals surface area contributed by atoms with Crippen molar-refractivity contribution in [3.63, 3.8) is 0 Å². The second kappa shape index (κ2) is 6.05. The Balaban J connectivity index is 2.03. The number of rotatable bonds is 2. The highest BCUT2D eigenvalue weighted by molar-refractivity contribution is 5.94. The average Bonchev–Trinajstić information content (AvgIpc) is 2.45. The molecule has 1 saturated heterocycles. The molecule has 0 radical (unpaired) electrons. The van der Waals surface area contributed by atoms with Gasteiger partial charge in [-0.2, -0.15) is 0 Å². The highest BCUT2D eigenvalue weighted by Crippen LogP contribution is 2.13. The molecule has 0 aliphatic carbocycles. The molecule has 0 spiro atoms. The smallest absolute Gasteiger partial charge is 0.253 e. The summed E-state index contributed by atoms with van der Waals surface area (Å²) in [6.07, 6.45) is 0. The van der Waals surface area contributed by atoms with Crippen molar-refractivity contribution in [3.8, 4) is 0 Å². The maximum absolute atomic E-state index is 12.4. The van der Waals surface area contributed by atoms with E-state index < -0.39 is 6.61 Å². The third-order valence-corrected chi connectivity index (χ3v) is 3.52. The number of hydrogen-bond acceptors (Lipinski definition) is 3. The lowest BCUT2D eigenvalue weighted by Gasteiger charge is -2.34. The van der Waals surface area contributed by atoms with Gasteiger partial charge in [-0.1, -0.05) is 17.2 Å². The Hall–Kier alpha value is -1.88. The van der Waals surface area contributed by atoms with Crippen LogP contribution in [0.15, 0.2) is 18.2 Å². The zero-order chi connectivity index (χ0) is 14.7. The summed E-state index contributed by atoms with van der Waals surface area (Å²) >= 11 is 0. The van der Waals surface area contributed by atoms with E-state index in [1.165, 1.54) is 0 Å². The Kier molecular flexibility index (Phi) is 4.39. The predicted octanol–water partition coefficient (Wildman–Crippen LogP) is 0.580. The van der Waals surface area contributed by atoms with Gasteiger partial charge in [0.05, 0.1) is 0 Å².